The second kappa shape index (κ2) is 8.65. The van der Waals surface area contributed by atoms with E-state index in [1.54, 1.807) is 37.4 Å². The lowest BCUT2D eigenvalue weighted by atomic mass is 10.1. The van der Waals surface area contributed by atoms with Gasteiger partial charge in [-0.15, -0.1) is 0 Å². The van der Waals surface area contributed by atoms with Gasteiger partial charge in [-0.2, -0.15) is 5.10 Å². The Hall–Kier alpha value is -3.53. The lowest BCUT2D eigenvalue weighted by Gasteiger charge is -2.18. The van der Waals surface area contributed by atoms with Crippen molar-refractivity contribution in [2.24, 2.45) is 7.05 Å². The summed E-state index contributed by atoms with van der Waals surface area (Å²) in [6.45, 7) is 0. The number of non-ortho nitro benzene ring substituents is 1. The fraction of sp³-hybridized carbons (Fsp3) is 0.105. The molecule has 1 amide bonds. The molecule has 0 bridgehead atoms. The lowest BCUT2D eigenvalue weighted by molar-refractivity contribution is -0.384. The zero-order valence-corrected chi connectivity index (χ0v) is 16.7. The number of hydrogen-bond donors (Lipinski definition) is 1. The highest BCUT2D eigenvalue weighted by molar-refractivity contribution is 9.10. The molecule has 3 aromatic rings. The minimum Gasteiger partial charge on any atom is -0.444 e. The molecule has 3 rings (SSSR count). The van der Waals surface area contributed by atoms with Crippen molar-refractivity contribution in [3.8, 4) is 0 Å². The van der Waals surface area contributed by atoms with Gasteiger partial charge in [-0.1, -0.05) is 30.3 Å². The van der Waals surface area contributed by atoms with Crippen molar-refractivity contribution in [2.45, 2.75) is 6.10 Å². The molecule has 2 aromatic carbocycles. The van der Waals surface area contributed by atoms with Gasteiger partial charge in [-0.25, -0.2) is 4.79 Å². The maximum atomic E-state index is 12.9. The van der Waals surface area contributed by atoms with Crippen LogP contribution in [-0.4, -0.2) is 26.6 Å². The molecule has 1 atom stereocenters. The zero-order chi connectivity index (χ0) is 21.0. The molecule has 0 aliphatic carbocycles. The molecule has 1 N–H and O–H groups in total. The fourth-order valence-corrected chi connectivity index (χ4v) is 2.99. The van der Waals surface area contributed by atoms with Crippen LogP contribution in [0.2, 0.25) is 0 Å². The highest BCUT2D eigenvalue weighted by Crippen LogP contribution is 2.29. The molecule has 1 heterocycles. The van der Waals surface area contributed by atoms with Crippen LogP contribution in [0.15, 0.2) is 65.4 Å². The number of nitrogens with zero attached hydrogens (tertiary/aromatic N) is 3. The summed E-state index contributed by atoms with van der Waals surface area (Å²) < 4.78 is 7.22. The molecule has 148 valence electrons. The number of hydrogen-bond acceptors (Lipinski definition) is 6. The maximum Gasteiger partial charge on any atom is 0.342 e. The SMILES string of the molecule is Cn1cc(C(=O)OC(C(=O)Nc2ccc([N+](=O)[O-])cc2Br)c2ccccc2)cn1. The summed E-state index contributed by atoms with van der Waals surface area (Å²) in [5.74, 6) is -1.31. The Morgan fingerprint density at radius 2 is 1.97 bits per heavy atom. The number of rotatable bonds is 6. The molecule has 1 aromatic heterocycles. The van der Waals surface area contributed by atoms with Crippen LogP contribution in [0, 0.1) is 10.1 Å². The second-order valence-electron chi connectivity index (χ2n) is 6.01. The van der Waals surface area contributed by atoms with Gasteiger partial charge in [0.2, 0.25) is 6.10 Å². The Labute approximate surface area is 173 Å². The van der Waals surface area contributed by atoms with Gasteiger partial charge in [-0.3, -0.25) is 19.6 Å². The molecule has 0 saturated heterocycles. The van der Waals surface area contributed by atoms with Crippen LogP contribution in [0.5, 0.6) is 0 Å². The van der Waals surface area contributed by atoms with E-state index in [4.69, 9.17) is 4.74 Å². The molecule has 0 fully saturated rings. The van der Waals surface area contributed by atoms with E-state index in [1.165, 1.54) is 35.3 Å². The van der Waals surface area contributed by atoms with Gasteiger partial charge in [0.15, 0.2) is 0 Å². The van der Waals surface area contributed by atoms with E-state index in [0.717, 1.165) is 0 Å². The van der Waals surface area contributed by atoms with E-state index in [0.29, 0.717) is 15.7 Å². The third kappa shape index (κ3) is 4.85. The molecule has 9 nitrogen and oxygen atoms in total. The number of aromatic nitrogens is 2. The molecule has 10 heteroatoms. The van der Waals surface area contributed by atoms with E-state index in [1.807, 2.05) is 0 Å². The van der Waals surface area contributed by atoms with E-state index in [2.05, 4.69) is 26.3 Å². The molecule has 0 aliphatic rings. The first-order chi connectivity index (χ1) is 13.8. The van der Waals surface area contributed by atoms with Crippen molar-refractivity contribution in [2.75, 3.05) is 5.32 Å². The van der Waals surface area contributed by atoms with Gasteiger partial charge in [0.25, 0.3) is 11.6 Å². The number of ether oxygens (including phenoxy) is 1. The molecule has 29 heavy (non-hydrogen) atoms. The maximum absolute atomic E-state index is 12.9. The average molecular weight is 459 g/mol. The van der Waals surface area contributed by atoms with Gasteiger partial charge in [-0.05, 0) is 22.0 Å². The quantitative estimate of drug-likeness (QED) is 0.342. The molecule has 0 spiro atoms. The number of carbonyl (C=O) groups is 2. The van der Waals surface area contributed by atoms with Gasteiger partial charge in [0.1, 0.15) is 0 Å². The van der Waals surface area contributed by atoms with E-state index >= 15 is 0 Å². The third-order valence-electron chi connectivity index (χ3n) is 3.93. The van der Waals surface area contributed by atoms with Crippen molar-refractivity contribution in [1.29, 1.82) is 0 Å². The van der Waals surface area contributed by atoms with Crippen LogP contribution < -0.4 is 5.32 Å². The van der Waals surface area contributed by atoms with Crippen LogP contribution in [0.4, 0.5) is 11.4 Å². The third-order valence-corrected chi connectivity index (χ3v) is 4.58. The van der Waals surface area contributed by atoms with Crippen molar-refractivity contribution < 1.29 is 19.2 Å². The van der Waals surface area contributed by atoms with Crippen molar-refractivity contribution >= 4 is 39.2 Å². The Morgan fingerprint density at radius 3 is 2.55 bits per heavy atom. The normalized spacial score (nSPS) is 11.5. The number of nitro groups is 1. The lowest BCUT2D eigenvalue weighted by Crippen LogP contribution is -2.26. The average Bonchev–Trinajstić information content (AvgIpc) is 3.14. The number of halogens is 1. The van der Waals surface area contributed by atoms with E-state index < -0.39 is 22.9 Å². The summed E-state index contributed by atoms with van der Waals surface area (Å²) in [7, 11) is 1.66. The summed E-state index contributed by atoms with van der Waals surface area (Å²) in [6.07, 6.45) is 1.59. The van der Waals surface area contributed by atoms with E-state index in [9.17, 15) is 19.7 Å². The Bertz CT molecular complexity index is 1070. The number of nitrogens with one attached hydrogen (secondary N) is 1. The van der Waals surface area contributed by atoms with Crippen LogP contribution in [0.3, 0.4) is 0 Å². The Balaban J connectivity index is 1.85. The number of amides is 1. The predicted molar refractivity (Wildman–Crippen MR) is 107 cm³/mol. The first-order valence-corrected chi connectivity index (χ1v) is 9.14. The van der Waals surface area contributed by atoms with Crippen LogP contribution in [-0.2, 0) is 16.6 Å². The zero-order valence-electron chi connectivity index (χ0n) is 15.1. The largest absolute Gasteiger partial charge is 0.444 e. The first kappa shape index (κ1) is 20.2. The number of aryl methyl sites for hydroxylation is 1. The number of nitro benzene ring substituents is 1. The molecule has 0 radical (unpaired) electrons. The fourth-order valence-electron chi connectivity index (χ4n) is 2.52. The van der Waals surface area contributed by atoms with Crippen molar-refractivity contribution in [1.82, 2.24) is 9.78 Å². The van der Waals surface area contributed by atoms with Crippen molar-refractivity contribution in [3.63, 3.8) is 0 Å². The van der Waals surface area contributed by atoms with E-state index in [-0.39, 0.29) is 11.3 Å². The first-order valence-electron chi connectivity index (χ1n) is 8.34. The Morgan fingerprint density at radius 1 is 1.24 bits per heavy atom. The number of esters is 1. The van der Waals surface area contributed by atoms with Crippen LogP contribution in [0.25, 0.3) is 0 Å². The smallest absolute Gasteiger partial charge is 0.342 e. The van der Waals surface area contributed by atoms with Crippen LogP contribution in [0.1, 0.15) is 22.0 Å². The molecular formula is C19H15BrN4O5. The topological polar surface area (TPSA) is 116 Å². The summed E-state index contributed by atoms with van der Waals surface area (Å²) in [5.41, 5.74) is 0.856. The van der Waals surface area contributed by atoms with Gasteiger partial charge in [0, 0.05) is 35.4 Å². The summed E-state index contributed by atoms with van der Waals surface area (Å²) in [4.78, 5) is 35.7. The second-order valence-corrected chi connectivity index (χ2v) is 6.86. The molecule has 0 saturated carbocycles. The summed E-state index contributed by atoms with van der Waals surface area (Å²) in [6, 6.07) is 12.5. The highest BCUT2D eigenvalue weighted by Gasteiger charge is 2.27. The van der Waals surface area contributed by atoms with Crippen molar-refractivity contribution in [3.05, 3.63) is 86.6 Å². The Kier molecular flexibility index (Phi) is 6.03. The number of benzene rings is 2. The minimum atomic E-state index is -1.23. The van der Waals surface area contributed by atoms with Crippen LogP contribution >= 0.6 is 15.9 Å². The number of carbonyl (C=O) groups excluding carboxylic acids is 2. The molecule has 0 aliphatic heterocycles. The standard InChI is InChI=1S/C19H15BrN4O5/c1-23-11-13(10-21-23)19(26)29-17(12-5-3-2-4-6-12)18(25)22-16-8-7-14(24(27)28)9-15(16)20/h2-11,17H,1H3,(H,22,25). The van der Waals surface area contributed by atoms with Gasteiger partial charge >= 0.3 is 5.97 Å². The van der Waals surface area contributed by atoms with Gasteiger partial charge in [0.05, 0.1) is 22.4 Å². The van der Waals surface area contributed by atoms with Gasteiger partial charge < -0.3 is 10.1 Å². The highest BCUT2D eigenvalue weighted by atomic mass is 79.9. The monoisotopic (exact) mass is 458 g/mol. The predicted octanol–water partition coefficient (Wildman–Crippen LogP) is 3.63. The molecular weight excluding hydrogens is 444 g/mol. The number of anilines is 1. The summed E-state index contributed by atoms with van der Waals surface area (Å²) in [5, 5.41) is 17.4. The minimum absolute atomic E-state index is 0.127. The summed E-state index contributed by atoms with van der Waals surface area (Å²) >= 11 is 3.20. The molecule has 1 unspecified atom stereocenters.